The van der Waals surface area contributed by atoms with Gasteiger partial charge < -0.3 is 14.8 Å². The SMILES string of the molecule is COc1cc(C)ccc1OCC(=O)NCCn1nc(-c2ccccc2)ccc1=O. The number of carbonyl (C=O) groups excluding carboxylic acids is 1. The Balaban J connectivity index is 1.53. The first-order valence-corrected chi connectivity index (χ1v) is 9.24. The molecule has 0 fully saturated rings. The Morgan fingerprint density at radius 3 is 2.62 bits per heavy atom. The fourth-order valence-electron chi connectivity index (χ4n) is 2.76. The molecule has 1 heterocycles. The van der Waals surface area contributed by atoms with E-state index in [1.54, 1.807) is 19.2 Å². The van der Waals surface area contributed by atoms with E-state index in [1.165, 1.54) is 10.7 Å². The summed E-state index contributed by atoms with van der Waals surface area (Å²) >= 11 is 0. The van der Waals surface area contributed by atoms with Crippen molar-refractivity contribution in [1.29, 1.82) is 0 Å². The van der Waals surface area contributed by atoms with Gasteiger partial charge in [0, 0.05) is 18.2 Å². The molecule has 29 heavy (non-hydrogen) atoms. The van der Waals surface area contributed by atoms with Crippen molar-refractivity contribution in [2.24, 2.45) is 0 Å². The first-order chi connectivity index (χ1) is 14.1. The van der Waals surface area contributed by atoms with Crippen molar-refractivity contribution in [2.45, 2.75) is 13.5 Å². The van der Waals surface area contributed by atoms with Crippen molar-refractivity contribution < 1.29 is 14.3 Å². The van der Waals surface area contributed by atoms with Crippen LogP contribution in [0.1, 0.15) is 5.56 Å². The normalized spacial score (nSPS) is 10.4. The number of methoxy groups -OCH3 is 1. The molecule has 3 rings (SSSR count). The maximum absolute atomic E-state index is 12.1. The lowest BCUT2D eigenvalue weighted by molar-refractivity contribution is -0.123. The van der Waals surface area contributed by atoms with Gasteiger partial charge in [-0.1, -0.05) is 36.4 Å². The summed E-state index contributed by atoms with van der Waals surface area (Å²) in [7, 11) is 1.55. The van der Waals surface area contributed by atoms with Crippen molar-refractivity contribution >= 4 is 5.91 Å². The minimum Gasteiger partial charge on any atom is -0.493 e. The monoisotopic (exact) mass is 393 g/mol. The van der Waals surface area contributed by atoms with Gasteiger partial charge in [-0.3, -0.25) is 9.59 Å². The highest BCUT2D eigenvalue weighted by atomic mass is 16.5. The Kier molecular flexibility index (Phi) is 6.63. The van der Waals surface area contributed by atoms with E-state index in [4.69, 9.17) is 9.47 Å². The molecule has 7 heteroatoms. The largest absolute Gasteiger partial charge is 0.493 e. The molecule has 0 aliphatic carbocycles. The lowest BCUT2D eigenvalue weighted by Crippen LogP contribution is -2.34. The molecule has 0 unspecified atom stereocenters. The molecule has 0 radical (unpaired) electrons. The van der Waals surface area contributed by atoms with Crippen LogP contribution in [0.25, 0.3) is 11.3 Å². The molecule has 0 saturated heterocycles. The van der Waals surface area contributed by atoms with Crippen LogP contribution in [0.4, 0.5) is 0 Å². The lowest BCUT2D eigenvalue weighted by atomic mass is 10.1. The zero-order chi connectivity index (χ0) is 20.6. The van der Waals surface area contributed by atoms with Crippen LogP contribution >= 0.6 is 0 Å². The van der Waals surface area contributed by atoms with Crippen molar-refractivity contribution in [3.8, 4) is 22.8 Å². The first-order valence-electron chi connectivity index (χ1n) is 9.24. The number of nitrogens with one attached hydrogen (secondary N) is 1. The Morgan fingerprint density at radius 2 is 1.86 bits per heavy atom. The van der Waals surface area contributed by atoms with Crippen molar-refractivity contribution in [3.05, 3.63) is 76.6 Å². The fraction of sp³-hybridized carbons (Fsp3) is 0.227. The van der Waals surface area contributed by atoms with Crippen LogP contribution in [0.5, 0.6) is 11.5 Å². The number of hydrogen-bond donors (Lipinski definition) is 1. The van der Waals surface area contributed by atoms with Crippen LogP contribution < -0.4 is 20.3 Å². The molecular formula is C22H23N3O4. The molecule has 0 aliphatic heterocycles. The van der Waals surface area contributed by atoms with Gasteiger partial charge in [-0.25, -0.2) is 4.68 Å². The minimum atomic E-state index is -0.292. The number of hydrogen-bond acceptors (Lipinski definition) is 5. The lowest BCUT2D eigenvalue weighted by Gasteiger charge is -2.12. The Morgan fingerprint density at radius 1 is 1.07 bits per heavy atom. The Labute approximate surface area is 168 Å². The Bertz CT molecular complexity index is 1030. The summed E-state index contributed by atoms with van der Waals surface area (Å²) in [5.74, 6) is 0.785. The molecule has 150 valence electrons. The average molecular weight is 393 g/mol. The van der Waals surface area contributed by atoms with E-state index in [0.29, 0.717) is 17.2 Å². The first kappa shape index (κ1) is 20.1. The van der Waals surface area contributed by atoms with E-state index in [9.17, 15) is 9.59 Å². The maximum Gasteiger partial charge on any atom is 0.266 e. The number of amides is 1. The second kappa shape index (κ2) is 9.54. The number of aromatic nitrogens is 2. The van der Waals surface area contributed by atoms with E-state index >= 15 is 0 Å². The quantitative estimate of drug-likeness (QED) is 0.636. The van der Waals surface area contributed by atoms with Gasteiger partial charge in [0.2, 0.25) is 0 Å². The third-order valence-corrected chi connectivity index (χ3v) is 4.26. The molecule has 1 aromatic heterocycles. The summed E-state index contributed by atoms with van der Waals surface area (Å²) in [5.41, 5.74) is 2.44. The number of rotatable bonds is 8. The number of carbonyl (C=O) groups is 1. The van der Waals surface area contributed by atoms with Gasteiger partial charge in [-0.2, -0.15) is 5.10 Å². The third-order valence-electron chi connectivity index (χ3n) is 4.26. The second-order valence-corrected chi connectivity index (χ2v) is 6.44. The number of ether oxygens (including phenoxy) is 2. The zero-order valence-corrected chi connectivity index (χ0v) is 16.4. The van der Waals surface area contributed by atoms with Gasteiger partial charge in [-0.05, 0) is 30.7 Å². The van der Waals surface area contributed by atoms with Gasteiger partial charge in [0.05, 0.1) is 19.3 Å². The number of benzene rings is 2. The second-order valence-electron chi connectivity index (χ2n) is 6.44. The van der Waals surface area contributed by atoms with Gasteiger partial charge in [0.1, 0.15) is 0 Å². The van der Waals surface area contributed by atoms with Crippen LogP contribution in [-0.2, 0) is 11.3 Å². The predicted molar refractivity (Wildman–Crippen MR) is 110 cm³/mol. The van der Waals surface area contributed by atoms with E-state index < -0.39 is 0 Å². The van der Waals surface area contributed by atoms with Crippen LogP contribution in [0.2, 0.25) is 0 Å². The fourth-order valence-corrected chi connectivity index (χ4v) is 2.76. The average Bonchev–Trinajstić information content (AvgIpc) is 2.74. The zero-order valence-electron chi connectivity index (χ0n) is 16.4. The van der Waals surface area contributed by atoms with Gasteiger partial charge in [-0.15, -0.1) is 0 Å². The molecule has 0 saturated carbocycles. The highest BCUT2D eigenvalue weighted by molar-refractivity contribution is 5.77. The van der Waals surface area contributed by atoms with Crippen LogP contribution in [0.15, 0.2) is 65.5 Å². The van der Waals surface area contributed by atoms with Crippen LogP contribution in [0, 0.1) is 6.92 Å². The topological polar surface area (TPSA) is 82.4 Å². The summed E-state index contributed by atoms with van der Waals surface area (Å²) in [6.45, 7) is 2.32. The van der Waals surface area contributed by atoms with E-state index in [2.05, 4.69) is 10.4 Å². The molecule has 0 aliphatic rings. The molecule has 7 nitrogen and oxygen atoms in total. The summed E-state index contributed by atoms with van der Waals surface area (Å²) in [6, 6.07) is 18.2. The van der Waals surface area contributed by atoms with Gasteiger partial charge in [0.25, 0.3) is 11.5 Å². The highest BCUT2D eigenvalue weighted by Gasteiger charge is 2.08. The van der Waals surface area contributed by atoms with Gasteiger partial charge >= 0.3 is 0 Å². The van der Waals surface area contributed by atoms with Crippen LogP contribution in [0.3, 0.4) is 0 Å². The highest BCUT2D eigenvalue weighted by Crippen LogP contribution is 2.27. The van der Waals surface area contributed by atoms with Crippen molar-refractivity contribution in [3.63, 3.8) is 0 Å². The summed E-state index contributed by atoms with van der Waals surface area (Å²) < 4.78 is 12.1. The van der Waals surface area contributed by atoms with E-state index in [0.717, 1.165) is 11.1 Å². The van der Waals surface area contributed by atoms with Crippen molar-refractivity contribution in [2.75, 3.05) is 20.3 Å². The van der Waals surface area contributed by atoms with E-state index in [1.807, 2.05) is 49.4 Å². The smallest absolute Gasteiger partial charge is 0.266 e. The maximum atomic E-state index is 12.1. The Hall–Kier alpha value is -3.61. The molecule has 0 atom stereocenters. The minimum absolute atomic E-state index is 0.147. The third kappa shape index (κ3) is 5.44. The molecular weight excluding hydrogens is 370 g/mol. The number of nitrogens with zero attached hydrogens (tertiary/aromatic N) is 2. The molecule has 2 aromatic carbocycles. The standard InChI is InChI=1S/C22H23N3O4/c1-16-8-10-19(20(14-16)28-2)29-15-21(26)23-12-13-25-22(27)11-9-18(24-25)17-6-4-3-5-7-17/h3-11,14H,12-13,15H2,1-2H3,(H,23,26). The van der Waals surface area contributed by atoms with Crippen molar-refractivity contribution in [1.82, 2.24) is 15.1 Å². The molecule has 0 spiro atoms. The molecule has 0 bridgehead atoms. The molecule has 3 aromatic rings. The summed E-state index contributed by atoms with van der Waals surface area (Å²) in [5, 5.41) is 7.10. The number of aryl methyl sites for hydroxylation is 1. The summed E-state index contributed by atoms with van der Waals surface area (Å²) in [6.07, 6.45) is 0. The van der Waals surface area contributed by atoms with E-state index in [-0.39, 0.29) is 31.2 Å². The molecule has 1 N–H and O–H groups in total. The summed E-state index contributed by atoms with van der Waals surface area (Å²) in [4.78, 5) is 24.1. The predicted octanol–water partition coefficient (Wildman–Crippen LogP) is 2.42. The van der Waals surface area contributed by atoms with Crippen LogP contribution in [-0.4, -0.2) is 35.9 Å². The molecule has 1 amide bonds. The van der Waals surface area contributed by atoms with Gasteiger partial charge in [0.15, 0.2) is 18.1 Å².